The van der Waals surface area contributed by atoms with Gasteiger partial charge in [-0.05, 0) is 25.0 Å². The molecule has 0 aliphatic carbocycles. The van der Waals surface area contributed by atoms with Gasteiger partial charge in [-0.2, -0.15) is 0 Å². The molecule has 136 valence electrons. The van der Waals surface area contributed by atoms with Crippen LogP contribution in [0.5, 0.6) is 0 Å². The van der Waals surface area contributed by atoms with Gasteiger partial charge in [0.15, 0.2) is 5.58 Å². The summed E-state index contributed by atoms with van der Waals surface area (Å²) >= 11 is 0. The molecule has 0 bridgehead atoms. The maximum atomic E-state index is 12.2. The number of aromatic nitrogens is 1. The predicted molar refractivity (Wildman–Crippen MR) is 92.6 cm³/mol. The van der Waals surface area contributed by atoms with Crippen LogP contribution in [0.3, 0.4) is 0 Å². The number of nitrogens with one attached hydrogen (secondary N) is 1. The fourth-order valence-electron chi connectivity index (χ4n) is 3.11. The first kappa shape index (κ1) is 17.7. The lowest BCUT2D eigenvalue weighted by molar-refractivity contribution is -0.126. The van der Waals surface area contributed by atoms with E-state index in [1.165, 1.54) is 15.1 Å². The summed E-state index contributed by atoms with van der Waals surface area (Å²) in [6.07, 6.45) is 2.20. The minimum absolute atomic E-state index is 0.103. The van der Waals surface area contributed by atoms with Crippen LogP contribution in [-0.2, 0) is 21.4 Å². The molecule has 9 heteroatoms. The molecule has 1 aromatic heterocycles. The molecule has 1 aromatic carbocycles. The van der Waals surface area contributed by atoms with Gasteiger partial charge < -0.3 is 9.73 Å². The van der Waals surface area contributed by atoms with E-state index in [-0.39, 0.29) is 11.8 Å². The van der Waals surface area contributed by atoms with Crippen LogP contribution in [-0.4, -0.2) is 49.1 Å². The van der Waals surface area contributed by atoms with E-state index in [1.807, 2.05) is 6.07 Å². The first-order chi connectivity index (χ1) is 11.9. The molecule has 3 rings (SSSR count). The first-order valence-corrected chi connectivity index (χ1v) is 10.0. The van der Waals surface area contributed by atoms with E-state index in [4.69, 9.17) is 4.42 Å². The van der Waals surface area contributed by atoms with Crippen molar-refractivity contribution in [2.75, 3.05) is 25.9 Å². The fraction of sp³-hybridized carbons (Fsp3) is 0.500. The van der Waals surface area contributed by atoms with Crippen LogP contribution < -0.4 is 11.1 Å². The number of sulfonamides is 1. The lowest BCUT2D eigenvalue weighted by atomic mass is 9.97. The second kappa shape index (κ2) is 7.01. The highest BCUT2D eigenvalue weighted by atomic mass is 32.2. The number of oxazole rings is 1. The fourth-order valence-corrected chi connectivity index (χ4v) is 3.98. The van der Waals surface area contributed by atoms with E-state index >= 15 is 0 Å². The van der Waals surface area contributed by atoms with Crippen molar-refractivity contribution in [2.24, 2.45) is 5.92 Å². The first-order valence-electron chi connectivity index (χ1n) is 8.17. The molecule has 2 aromatic rings. The summed E-state index contributed by atoms with van der Waals surface area (Å²) in [4.78, 5) is 24.1. The summed E-state index contributed by atoms with van der Waals surface area (Å²) in [7, 11) is -3.19. The molecule has 1 saturated heterocycles. The van der Waals surface area contributed by atoms with Gasteiger partial charge in [0.2, 0.25) is 15.9 Å². The van der Waals surface area contributed by atoms with E-state index in [2.05, 4.69) is 5.32 Å². The number of hydrogen-bond donors (Lipinski definition) is 1. The van der Waals surface area contributed by atoms with Gasteiger partial charge in [-0.25, -0.2) is 17.5 Å². The molecule has 1 amide bonds. The van der Waals surface area contributed by atoms with Gasteiger partial charge in [-0.1, -0.05) is 12.1 Å². The monoisotopic (exact) mass is 367 g/mol. The highest BCUT2D eigenvalue weighted by Gasteiger charge is 2.28. The smallest absolute Gasteiger partial charge is 0.408 e. The van der Waals surface area contributed by atoms with Crippen molar-refractivity contribution in [1.29, 1.82) is 0 Å². The van der Waals surface area contributed by atoms with Crippen LogP contribution >= 0.6 is 0 Å². The van der Waals surface area contributed by atoms with Crippen LogP contribution in [0.25, 0.3) is 11.1 Å². The average Bonchev–Trinajstić information content (AvgIpc) is 2.90. The molecule has 8 nitrogen and oxygen atoms in total. The molecule has 25 heavy (non-hydrogen) atoms. The SMILES string of the molecule is CS(=O)(=O)N1CCC(C(=O)NCCn2c(=O)oc3ccccc32)CC1. The minimum Gasteiger partial charge on any atom is -0.408 e. The highest BCUT2D eigenvalue weighted by Crippen LogP contribution is 2.19. The number of carbonyl (C=O) groups is 1. The number of para-hydroxylation sites is 2. The van der Waals surface area contributed by atoms with Gasteiger partial charge in [0.05, 0.1) is 11.8 Å². The molecule has 0 atom stereocenters. The largest absolute Gasteiger partial charge is 0.420 e. The molecule has 2 heterocycles. The van der Waals surface area contributed by atoms with E-state index in [0.717, 1.165) is 0 Å². The number of carbonyl (C=O) groups excluding carboxylic acids is 1. The summed E-state index contributed by atoms with van der Waals surface area (Å²) in [5.41, 5.74) is 1.22. The Bertz CT molecular complexity index is 923. The zero-order valence-electron chi connectivity index (χ0n) is 14.0. The quantitative estimate of drug-likeness (QED) is 0.823. The topological polar surface area (TPSA) is 102 Å². The average molecular weight is 367 g/mol. The number of rotatable bonds is 5. The Labute approximate surface area is 145 Å². The van der Waals surface area contributed by atoms with Crippen LogP contribution in [0.2, 0.25) is 0 Å². The van der Waals surface area contributed by atoms with E-state index < -0.39 is 15.8 Å². The van der Waals surface area contributed by atoms with Crippen molar-refractivity contribution >= 4 is 27.0 Å². The second-order valence-electron chi connectivity index (χ2n) is 6.21. The van der Waals surface area contributed by atoms with Gasteiger partial charge in [0, 0.05) is 32.1 Å². The van der Waals surface area contributed by atoms with Gasteiger partial charge in [0.1, 0.15) is 0 Å². The zero-order valence-corrected chi connectivity index (χ0v) is 14.8. The molecule has 1 fully saturated rings. The van der Waals surface area contributed by atoms with Gasteiger partial charge in [-0.3, -0.25) is 9.36 Å². The standard InChI is InChI=1S/C16H21N3O5S/c1-25(22,23)18-9-6-12(7-10-18)15(20)17-8-11-19-13-4-2-3-5-14(13)24-16(19)21/h2-5,12H,6-11H2,1H3,(H,17,20). The zero-order chi connectivity index (χ0) is 18.0. The Morgan fingerprint density at radius 1 is 1.28 bits per heavy atom. The van der Waals surface area contributed by atoms with Gasteiger partial charge >= 0.3 is 5.76 Å². The second-order valence-corrected chi connectivity index (χ2v) is 8.20. The summed E-state index contributed by atoms with van der Waals surface area (Å²) in [5.74, 6) is -0.748. The lowest BCUT2D eigenvalue weighted by Gasteiger charge is -2.29. The predicted octanol–water partition coefficient (Wildman–Crippen LogP) is 0.382. The van der Waals surface area contributed by atoms with E-state index in [9.17, 15) is 18.0 Å². The molecule has 0 unspecified atom stereocenters. The molecule has 0 saturated carbocycles. The van der Waals surface area contributed by atoms with Crippen molar-refractivity contribution in [3.05, 3.63) is 34.8 Å². The van der Waals surface area contributed by atoms with Crippen molar-refractivity contribution in [3.63, 3.8) is 0 Å². The Balaban J connectivity index is 1.53. The van der Waals surface area contributed by atoms with Crippen molar-refractivity contribution in [1.82, 2.24) is 14.2 Å². The van der Waals surface area contributed by atoms with Gasteiger partial charge in [-0.15, -0.1) is 0 Å². The van der Waals surface area contributed by atoms with Crippen molar-refractivity contribution < 1.29 is 17.6 Å². The number of hydrogen-bond acceptors (Lipinski definition) is 5. The number of amides is 1. The highest BCUT2D eigenvalue weighted by molar-refractivity contribution is 7.88. The molecule has 1 aliphatic rings. The normalized spacial score (nSPS) is 17.0. The van der Waals surface area contributed by atoms with Crippen molar-refractivity contribution in [3.8, 4) is 0 Å². The number of nitrogens with zero attached hydrogens (tertiary/aromatic N) is 2. The Hall–Kier alpha value is -2.13. The summed E-state index contributed by atoms with van der Waals surface area (Å²) < 4.78 is 31.0. The van der Waals surface area contributed by atoms with E-state index in [0.29, 0.717) is 50.1 Å². The number of piperidine rings is 1. The van der Waals surface area contributed by atoms with Crippen molar-refractivity contribution in [2.45, 2.75) is 19.4 Å². The Morgan fingerprint density at radius 3 is 2.64 bits per heavy atom. The van der Waals surface area contributed by atoms with Crippen LogP contribution in [0.4, 0.5) is 0 Å². The van der Waals surface area contributed by atoms with Crippen LogP contribution in [0.1, 0.15) is 12.8 Å². The number of fused-ring (bicyclic) bond motifs is 1. The maximum absolute atomic E-state index is 12.2. The van der Waals surface area contributed by atoms with E-state index in [1.54, 1.807) is 18.2 Å². The molecular formula is C16H21N3O5S. The Morgan fingerprint density at radius 2 is 1.96 bits per heavy atom. The maximum Gasteiger partial charge on any atom is 0.420 e. The lowest BCUT2D eigenvalue weighted by Crippen LogP contribution is -2.43. The summed E-state index contributed by atoms with van der Waals surface area (Å²) in [6.45, 7) is 1.36. The van der Waals surface area contributed by atoms with Crippen LogP contribution in [0.15, 0.2) is 33.5 Å². The summed E-state index contributed by atoms with van der Waals surface area (Å²) in [6, 6.07) is 7.13. The summed E-state index contributed by atoms with van der Waals surface area (Å²) in [5, 5.41) is 2.83. The van der Waals surface area contributed by atoms with Gasteiger partial charge in [0.25, 0.3) is 0 Å². The molecule has 0 radical (unpaired) electrons. The number of benzene rings is 1. The molecular weight excluding hydrogens is 346 g/mol. The third kappa shape index (κ3) is 3.93. The minimum atomic E-state index is -3.19. The third-order valence-electron chi connectivity index (χ3n) is 4.50. The molecule has 1 aliphatic heterocycles. The van der Waals surface area contributed by atoms with Crippen LogP contribution in [0, 0.1) is 5.92 Å². The Kier molecular flexibility index (Phi) is 4.96. The third-order valence-corrected chi connectivity index (χ3v) is 5.81. The molecule has 1 N–H and O–H groups in total. The molecule has 0 spiro atoms.